The van der Waals surface area contributed by atoms with Gasteiger partial charge in [-0.05, 0) is 46.4 Å². The first-order chi connectivity index (χ1) is 14.5. The highest BCUT2D eigenvalue weighted by molar-refractivity contribution is 9.10. The molecule has 11 heteroatoms. The molecule has 0 aliphatic carbocycles. The van der Waals surface area contributed by atoms with Gasteiger partial charge in [0.1, 0.15) is 5.75 Å². The van der Waals surface area contributed by atoms with Crippen LogP contribution in [0, 0.1) is 0 Å². The van der Waals surface area contributed by atoms with E-state index in [1.54, 1.807) is 23.9 Å². The van der Waals surface area contributed by atoms with Gasteiger partial charge in [-0.25, -0.2) is 5.43 Å². The lowest BCUT2D eigenvalue weighted by Gasteiger charge is -2.14. The minimum absolute atomic E-state index is 0.188. The van der Waals surface area contributed by atoms with Crippen LogP contribution in [-0.4, -0.2) is 30.1 Å². The van der Waals surface area contributed by atoms with Crippen LogP contribution < -0.4 is 20.4 Å². The van der Waals surface area contributed by atoms with Gasteiger partial charge in [-0.2, -0.15) is 5.10 Å². The van der Waals surface area contributed by atoms with Gasteiger partial charge in [0.05, 0.1) is 19.1 Å². The second-order valence-corrected chi connectivity index (χ2v) is 10.1. The van der Waals surface area contributed by atoms with E-state index in [1.165, 1.54) is 42.0 Å². The number of aromatic amines is 1. The molecule has 0 aliphatic heterocycles. The Morgan fingerprint density at radius 1 is 1.37 bits per heavy atom. The van der Waals surface area contributed by atoms with Gasteiger partial charge in [-0.1, -0.05) is 68.9 Å². The van der Waals surface area contributed by atoms with E-state index in [2.05, 4.69) is 48.8 Å². The third-order valence-electron chi connectivity index (χ3n) is 3.61. The molecule has 0 spiro atoms. The number of hydrogen-bond acceptors (Lipinski definition) is 8. The van der Waals surface area contributed by atoms with Gasteiger partial charge in [-0.3, -0.25) is 4.79 Å². The Bertz CT molecular complexity index is 1030. The predicted molar refractivity (Wildman–Crippen MR) is 121 cm³/mol. The van der Waals surface area contributed by atoms with Crippen LogP contribution in [0.2, 0.25) is 0 Å². The Kier molecular flexibility index (Phi) is 8.55. The molecule has 0 unspecified atom stereocenters. The average Bonchev–Trinajstić information content (AvgIpc) is 3.22. The van der Waals surface area contributed by atoms with Gasteiger partial charge >= 0.3 is 4.34 Å². The van der Waals surface area contributed by atoms with E-state index < -0.39 is 0 Å². The molecule has 3 rings (SSSR count). The first kappa shape index (κ1) is 22.6. The summed E-state index contributed by atoms with van der Waals surface area (Å²) in [6, 6.07) is 13.4. The van der Waals surface area contributed by atoms with Gasteiger partial charge in [0, 0.05) is 15.3 Å². The van der Waals surface area contributed by atoms with E-state index in [0.29, 0.717) is 10.0 Å². The molecule has 3 aromatic rings. The largest absolute Gasteiger partial charge is 0.869 e. The van der Waals surface area contributed by atoms with Gasteiger partial charge in [0.2, 0.25) is 4.34 Å². The zero-order chi connectivity index (χ0) is 21.3. The number of hydrogen-bond donors (Lipinski definition) is 1. The summed E-state index contributed by atoms with van der Waals surface area (Å²) in [5.74, 6) is 0.753. The molecule has 0 bridgehead atoms. The minimum Gasteiger partial charge on any atom is -0.869 e. The zero-order valence-electron chi connectivity index (χ0n) is 15.8. The molecule has 0 atom stereocenters. The van der Waals surface area contributed by atoms with Crippen LogP contribution in [0.15, 0.2) is 60.7 Å². The number of nitrogens with one attached hydrogen (secondary N) is 2. The summed E-state index contributed by atoms with van der Waals surface area (Å²) in [7, 11) is 1.42. The maximum absolute atomic E-state index is 12.0. The predicted octanol–water partition coefficient (Wildman–Crippen LogP) is 3.34. The maximum atomic E-state index is 12.0. The Hall–Kier alpha value is -2.08. The number of ether oxygens (including phenoxy) is 1. The number of rotatable bonds is 9. The highest BCUT2D eigenvalue weighted by Gasteiger charge is 2.13. The zero-order valence-corrected chi connectivity index (χ0v) is 19.8. The van der Waals surface area contributed by atoms with Crippen LogP contribution in [0.3, 0.4) is 0 Å². The number of carbonyl (C=O) groups excluding carboxylic acids is 1. The molecule has 0 radical (unpaired) electrons. The number of benzene rings is 2. The Balaban J connectivity index is 1.44. The van der Waals surface area contributed by atoms with Crippen LogP contribution >= 0.6 is 50.8 Å². The lowest BCUT2D eigenvalue weighted by atomic mass is 10.2. The second kappa shape index (κ2) is 11.3. The first-order valence-corrected chi connectivity index (χ1v) is 12.2. The van der Waals surface area contributed by atoms with Crippen LogP contribution in [0.4, 0.5) is 0 Å². The van der Waals surface area contributed by atoms with Gasteiger partial charge in [0.15, 0.2) is 0 Å². The summed E-state index contributed by atoms with van der Waals surface area (Å²) in [6.07, 6.45) is 1.45. The monoisotopic (exact) mass is 524 g/mol. The molecule has 1 amide bonds. The summed E-state index contributed by atoms with van der Waals surface area (Å²) >= 11 is 7.70. The number of methoxy groups -OCH3 is 1. The molecular formula is C19H17BrN4O3S3. The van der Waals surface area contributed by atoms with Crippen LogP contribution in [0.25, 0.3) is 0 Å². The average molecular weight is 525 g/mol. The fourth-order valence-corrected chi connectivity index (χ4v) is 5.52. The summed E-state index contributed by atoms with van der Waals surface area (Å²) in [4.78, 5) is 12.0. The van der Waals surface area contributed by atoms with Crippen molar-refractivity contribution in [2.24, 2.45) is 5.10 Å². The molecule has 7 nitrogen and oxygen atoms in total. The van der Waals surface area contributed by atoms with Gasteiger partial charge in [0.25, 0.3) is 5.91 Å². The van der Waals surface area contributed by atoms with Gasteiger partial charge in [-0.15, -0.1) is 0 Å². The molecule has 156 valence electrons. The van der Waals surface area contributed by atoms with Crippen LogP contribution in [-0.2, 0) is 10.5 Å². The van der Waals surface area contributed by atoms with Gasteiger partial charge < -0.3 is 9.84 Å². The Morgan fingerprint density at radius 3 is 2.93 bits per heavy atom. The first-order valence-electron chi connectivity index (χ1n) is 8.59. The fraction of sp³-hybridized carbons (Fsp3) is 0.158. The lowest BCUT2D eigenvalue weighted by Crippen LogP contribution is -2.19. The van der Waals surface area contributed by atoms with E-state index in [4.69, 9.17) is 4.74 Å². The molecule has 0 saturated carbocycles. The van der Waals surface area contributed by atoms with Crippen LogP contribution in [0.1, 0.15) is 11.1 Å². The molecule has 1 aromatic heterocycles. The number of hydrazone groups is 1. The molecule has 0 fully saturated rings. The molecule has 2 N–H and O–H groups in total. The standard InChI is InChI=1S/C19H17BrN4O3S3/c1-27-15-8-13(7-14(20)17(15)26)9-21-22-16(25)11-29-19-24-23-18(30-19)28-10-12-5-3-2-4-6-12/h2-9,26H,10-11H2,1H3,(H,22,25)/b21-9+. The lowest BCUT2D eigenvalue weighted by molar-refractivity contribution is -0.492. The highest BCUT2D eigenvalue weighted by atomic mass is 79.9. The molecule has 2 aromatic carbocycles. The topological polar surface area (TPSA) is 101 Å². The van der Waals surface area contributed by atoms with E-state index >= 15 is 0 Å². The van der Waals surface area contributed by atoms with Crippen LogP contribution in [0.5, 0.6) is 11.5 Å². The molecule has 0 saturated heterocycles. The second-order valence-electron chi connectivity index (χ2n) is 5.77. The summed E-state index contributed by atoms with van der Waals surface area (Å²) < 4.78 is 7.16. The van der Waals surface area contributed by atoms with Crippen molar-refractivity contribution in [2.75, 3.05) is 12.9 Å². The summed E-state index contributed by atoms with van der Waals surface area (Å²) in [5, 5.41) is 22.9. The van der Waals surface area contributed by atoms with Crippen molar-refractivity contribution < 1.29 is 19.7 Å². The third-order valence-corrected chi connectivity index (χ3v) is 7.53. The van der Waals surface area contributed by atoms with Crippen molar-refractivity contribution in [3.8, 4) is 11.5 Å². The number of nitrogens with zero attached hydrogens (tertiary/aromatic N) is 2. The van der Waals surface area contributed by atoms with E-state index in [1.807, 2.05) is 18.2 Å². The number of H-pyrrole nitrogens is 1. The van der Waals surface area contributed by atoms with E-state index in [0.717, 1.165) is 14.4 Å². The number of carbonyl (C=O) groups is 1. The Morgan fingerprint density at radius 2 is 2.17 bits per heavy atom. The molecule has 30 heavy (non-hydrogen) atoms. The minimum atomic E-state index is -0.253. The van der Waals surface area contributed by atoms with Crippen molar-refractivity contribution in [1.29, 1.82) is 0 Å². The Labute approximate surface area is 194 Å². The maximum Gasteiger partial charge on any atom is 0.323 e. The normalized spacial score (nSPS) is 11.0. The quantitative estimate of drug-likeness (QED) is 0.261. The van der Waals surface area contributed by atoms with Crippen molar-refractivity contribution in [2.45, 2.75) is 14.4 Å². The SMILES string of the molecule is COc1cc(/C=N/NC(=O)CSc2n[nH+]c(SCc3ccccc3)s2)cc(Br)c1[O-]. The summed E-state index contributed by atoms with van der Waals surface area (Å²) in [6.45, 7) is 0. The highest BCUT2D eigenvalue weighted by Crippen LogP contribution is 2.32. The number of aromatic nitrogens is 2. The van der Waals surface area contributed by atoms with Crippen molar-refractivity contribution in [3.05, 3.63) is 58.1 Å². The van der Waals surface area contributed by atoms with E-state index in [-0.39, 0.29) is 23.2 Å². The summed E-state index contributed by atoms with van der Waals surface area (Å²) in [5.41, 5.74) is 4.33. The van der Waals surface area contributed by atoms with Crippen molar-refractivity contribution in [3.63, 3.8) is 0 Å². The van der Waals surface area contributed by atoms with Crippen molar-refractivity contribution in [1.82, 2.24) is 10.5 Å². The third kappa shape index (κ3) is 6.73. The fourth-order valence-electron chi connectivity index (χ4n) is 2.22. The number of thioether (sulfide) groups is 2. The van der Waals surface area contributed by atoms with E-state index in [9.17, 15) is 9.90 Å². The number of amides is 1. The number of halogens is 1. The molecule has 1 heterocycles. The molecular weight excluding hydrogens is 508 g/mol. The molecule has 0 aliphatic rings. The smallest absolute Gasteiger partial charge is 0.323 e. The van der Waals surface area contributed by atoms with Crippen molar-refractivity contribution >= 4 is 62.9 Å².